The van der Waals surface area contributed by atoms with Gasteiger partial charge in [0.15, 0.2) is 0 Å². The van der Waals surface area contributed by atoms with Crippen LogP contribution in [0.15, 0.2) is 6.20 Å². The standard InChI is InChI=1S/C10H16BrN3/c1-7-8(3-4-10(7)11)5-9-6-14(2)13-12-9/h6-8,10H,3-5H2,1-2H3. The first-order valence-corrected chi connectivity index (χ1v) is 6.07. The molecule has 0 aromatic carbocycles. The van der Waals surface area contributed by atoms with Crippen LogP contribution in [0.1, 0.15) is 25.5 Å². The Morgan fingerprint density at radius 3 is 2.86 bits per heavy atom. The van der Waals surface area contributed by atoms with Crippen molar-refractivity contribution in [3.05, 3.63) is 11.9 Å². The molecule has 3 atom stereocenters. The largest absolute Gasteiger partial charge is 0.255 e. The number of hydrogen-bond acceptors (Lipinski definition) is 2. The summed E-state index contributed by atoms with van der Waals surface area (Å²) < 4.78 is 1.78. The van der Waals surface area contributed by atoms with Crippen molar-refractivity contribution in [3.8, 4) is 0 Å². The highest BCUT2D eigenvalue weighted by Crippen LogP contribution is 2.37. The number of hydrogen-bond donors (Lipinski definition) is 0. The molecule has 1 aromatic heterocycles. The zero-order valence-corrected chi connectivity index (χ0v) is 10.2. The summed E-state index contributed by atoms with van der Waals surface area (Å²) in [5.74, 6) is 1.54. The van der Waals surface area contributed by atoms with Crippen molar-refractivity contribution in [1.29, 1.82) is 0 Å². The average molecular weight is 258 g/mol. The summed E-state index contributed by atoms with van der Waals surface area (Å²) in [7, 11) is 1.92. The lowest BCUT2D eigenvalue weighted by atomic mass is 9.93. The van der Waals surface area contributed by atoms with Crippen LogP contribution >= 0.6 is 15.9 Å². The van der Waals surface area contributed by atoms with Gasteiger partial charge in [-0.3, -0.25) is 4.68 Å². The minimum Gasteiger partial charge on any atom is -0.255 e. The summed E-state index contributed by atoms with van der Waals surface area (Å²) in [6.45, 7) is 2.33. The van der Waals surface area contributed by atoms with E-state index < -0.39 is 0 Å². The number of nitrogens with zero attached hydrogens (tertiary/aromatic N) is 3. The Morgan fingerprint density at radius 2 is 2.36 bits per heavy atom. The molecule has 4 heteroatoms. The first kappa shape index (κ1) is 10.1. The van der Waals surface area contributed by atoms with Gasteiger partial charge in [0.25, 0.3) is 0 Å². The molecule has 1 fully saturated rings. The number of halogens is 1. The van der Waals surface area contributed by atoms with Crippen LogP contribution in [0.4, 0.5) is 0 Å². The molecular formula is C10H16BrN3. The molecule has 14 heavy (non-hydrogen) atoms. The molecule has 0 aliphatic heterocycles. The van der Waals surface area contributed by atoms with Gasteiger partial charge in [0, 0.05) is 18.1 Å². The second-order valence-corrected chi connectivity index (χ2v) is 5.48. The van der Waals surface area contributed by atoms with Crippen LogP contribution in [0.3, 0.4) is 0 Å². The highest BCUT2D eigenvalue weighted by atomic mass is 79.9. The molecular weight excluding hydrogens is 242 g/mol. The summed E-state index contributed by atoms with van der Waals surface area (Å²) in [6, 6.07) is 0. The van der Waals surface area contributed by atoms with Crippen molar-refractivity contribution in [1.82, 2.24) is 15.0 Å². The van der Waals surface area contributed by atoms with E-state index in [1.54, 1.807) is 4.68 Å². The highest BCUT2D eigenvalue weighted by Gasteiger charge is 2.31. The molecule has 78 valence electrons. The SMILES string of the molecule is CC1C(Br)CCC1Cc1cn(C)nn1. The third-order valence-corrected chi connectivity index (χ3v) is 4.54. The maximum atomic E-state index is 4.14. The van der Waals surface area contributed by atoms with E-state index in [1.165, 1.54) is 12.8 Å². The molecule has 1 aliphatic rings. The first-order chi connectivity index (χ1) is 6.66. The Kier molecular flexibility index (Phi) is 2.91. The van der Waals surface area contributed by atoms with E-state index in [4.69, 9.17) is 0 Å². The van der Waals surface area contributed by atoms with Gasteiger partial charge in [-0.05, 0) is 31.1 Å². The topological polar surface area (TPSA) is 30.7 Å². The fourth-order valence-corrected chi connectivity index (χ4v) is 2.94. The second-order valence-electron chi connectivity index (χ2n) is 4.30. The van der Waals surface area contributed by atoms with E-state index in [-0.39, 0.29) is 0 Å². The number of aromatic nitrogens is 3. The Hall–Kier alpha value is -0.380. The number of alkyl halides is 1. The highest BCUT2D eigenvalue weighted by molar-refractivity contribution is 9.09. The third-order valence-electron chi connectivity index (χ3n) is 3.25. The van der Waals surface area contributed by atoms with Gasteiger partial charge in [0.05, 0.1) is 5.69 Å². The minimum atomic E-state index is 0.698. The fraction of sp³-hybridized carbons (Fsp3) is 0.800. The third kappa shape index (κ3) is 2.00. The van der Waals surface area contributed by atoms with E-state index in [1.807, 2.05) is 13.2 Å². The molecule has 0 spiro atoms. The number of rotatable bonds is 2. The van der Waals surface area contributed by atoms with Crippen molar-refractivity contribution in [2.24, 2.45) is 18.9 Å². The van der Waals surface area contributed by atoms with Gasteiger partial charge in [-0.1, -0.05) is 28.1 Å². The molecule has 1 aromatic rings. The van der Waals surface area contributed by atoms with E-state index >= 15 is 0 Å². The van der Waals surface area contributed by atoms with Gasteiger partial charge in [-0.2, -0.15) is 0 Å². The molecule has 1 saturated carbocycles. The Balaban J connectivity index is 1.98. The molecule has 1 aliphatic carbocycles. The maximum Gasteiger partial charge on any atom is 0.0829 e. The van der Waals surface area contributed by atoms with Gasteiger partial charge >= 0.3 is 0 Å². The smallest absolute Gasteiger partial charge is 0.0829 e. The molecule has 3 unspecified atom stereocenters. The first-order valence-electron chi connectivity index (χ1n) is 5.16. The fourth-order valence-electron chi connectivity index (χ4n) is 2.24. The van der Waals surface area contributed by atoms with E-state index in [2.05, 4.69) is 33.2 Å². The van der Waals surface area contributed by atoms with Crippen LogP contribution in [0, 0.1) is 11.8 Å². The lowest BCUT2D eigenvalue weighted by Crippen LogP contribution is -2.13. The zero-order valence-electron chi connectivity index (χ0n) is 8.65. The second kappa shape index (κ2) is 4.01. The quantitative estimate of drug-likeness (QED) is 0.761. The monoisotopic (exact) mass is 257 g/mol. The van der Waals surface area contributed by atoms with Gasteiger partial charge < -0.3 is 0 Å². The Labute approximate surface area is 93.0 Å². The van der Waals surface area contributed by atoms with E-state index in [9.17, 15) is 0 Å². The van der Waals surface area contributed by atoms with Crippen LogP contribution in [0.25, 0.3) is 0 Å². The zero-order chi connectivity index (χ0) is 10.1. The predicted octanol–water partition coefficient (Wildman–Crippen LogP) is 2.17. The summed E-state index contributed by atoms with van der Waals surface area (Å²) in [5, 5.41) is 8.09. The molecule has 0 radical (unpaired) electrons. The lowest BCUT2D eigenvalue weighted by molar-refractivity contribution is 0.419. The van der Waals surface area contributed by atoms with Gasteiger partial charge in [0.2, 0.25) is 0 Å². The van der Waals surface area contributed by atoms with E-state index in [0.717, 1.165) is 24.0 Å². The predicted molar refractivity (Wildman–Crippen MR) is 59.3 cm³/mol. The van der Waals surface area contributed by atoms with Crippen LogP contribution in [0.2, 0.25) is 0 Å². The molecule has 0 amide bonds. The molecule has 0 saturated heterocycles. The Morgan fingerprint density at radius 1 is 1.57 bits per heavy atom. The molecule has 0 bridgehead atoms. The van der Waals surface area contributed by atoms with Crippen LogP contribution in [0.5, 0.6) is 0 Å². The molecule has 2 rings (SSSR count). The van der Waals surface area contributed by atoms with Crippen molar-refractivity contribution < 1.29 is 0 Å². The molecule has 3 nitrogen and oxygen atoms in total. The number of aryl methyl sites for hydroxylation is 1. The summed E-state index contributed by atoms with van der Waals surface area (Å²) in [4.78, 5) is 0.698. The molecule has 1 heterocycles. The maximum absolute atomic E-state index is 4.14. The van der Waals surface area contributed by atoms with Crippen LogP contribution < -0.4 is 0 Å². The lowest BCUT2D eigenvalue weighted by Gasteiger charge is -2.15. The van der Waals surface area contributed by atoms with Gasteiger partial charge in [-0.15, -0.1) is 5.10 Å². The summed E-state index contributed by atoms with van der Waals surface area (Å²) >= 11 is 3.72. The summed E-state index contributed by atoms with van der Waals surface area (Å²) in [5.41, 5.74) is 1.13. The van der Waals surface area contributed by atoms with Crippen molar-refractivity contribution >= 4 is 15.9 Å². The van der Waals surface area contributed by atoms with Gasteiger partial charge in [0.1, 0.15) is 0 Å². The average Bonchev–Trinajstić information content (AvgIpc) is 2.67. The van der Waals surface area contributed by atoms with Crippen molar-refractivity contribution in [3.63, 3.8) is 0 Å². The van der Waals surface area contributed by atoms with Crippen LogP contribution in [-0.2, 0) is 13.5 Å². The minimum absolute atomic E-state index is 0.698. The van der Waals surface area contributed by atoms with Crippen molar-refractivity contribution in [2.75, 3.05) is 0 Å². The summed E-state index contributed by atoms with van der Waals surface area (Å²) in [6.07, 6.45) is 5.71. The molecule has 0 N–H and O–H groups in total. The van der Waals surface area contributed by atoms with Crippen LogP contribution in [-0.4, -0.2) is 19.8 Å². The Bertz CT molecular complexity index is 310. The van der Waals surface area contributed by atoms with Gasteiger partial charge in [-0.25, -0.2) is 0 Å². The van der Waals surface area contributed by atoms with E-state index in [0.29, 0.717) is 4.83 Å². The van der Waals surface area contributed by atoms with Crippen molar-refractivity contribution in [2.45, 2.75) is 31.0 Å². The normalized spacial score (nSPS) is 32.4.